The molecular weight excluding hydrogens is 936 g/mol. The molecule has 0 fully saturated rings. The number of rotatable bonds is 62. The van der Waals surface area contributed by atoms with E-state index in [1.54, 1.807) is 6.08 Å². The molecule has 8 nitrogen and oxygen atoms in total. The SMILES string of the molecule is CCCCCCCCCCCCCCCCCCCCC/C=C/C(O)C(COP(=O)(O)OCC[N+](C)(C)C)NC(=O)CCCCCCCCCCCCCCCCCCCCCCCCCCCCCCCCC. The van der Waals surface area contributed by atoms with E-state index in [9.17, 15) is 19.4 Å². The molecule has 3 N–H and O–H groups in total. The van der Waals surface area contributed by atoms with Crippen LogP contribution in [0, 0.1) is 0 Å². The van der Waals surface area contributed by atoms with Crippen molar-refractivity contribution in [2.45, 2.75) is 360 Å². The zero-order valence-electron chi connectivity index (χ0n) is 50.6. The maximum atomic E-state index is 13.0. The van der Waals surface area contributed by atoms with E-state index in [4.69, 9.17) is 9.05 Å². The maximum absolute atomic E-state index is 13.0. The predicted octanol–water partition coefficient (Wildman–Crippen LogP) is 20.6. The van der Waals surface area contributed by atoms with Gasteiger partial charge in [-0.3, -0.25) is 13.8 Å². The van der Waals surface area contributed by atoms with Crippen LogP contribution in [0.15, 0.2) is 12.2 Å². The third-order valence-corrected chi connectivity index (χ3v) is 16.5. The second-order valence-corrected chi connectivity index (χ2v) is 25.7. The molecule has 0 saturated carbocycles. The molecule has 0 spiro atoms. The van der Waals surface area contributed by atoms with E-state index in [-0.39, 0.29) is 19.1 Å². The van der Waals surface area contributed by atoms with Crippen LogP contribution in [0.25, 0.3) is 0 Å². The number of nitrogens with one attached hydrogen (secondary N) is 1. The molecule has 0 rings (SSSR count). The van der Waals surface area contributed by atoms with E-state index in [0.29, 0.717) is 17.4 Å². The van der Waals surface area contributed by atoms with Crippen molar-refractivity contribution >= 4 is 13.7 Å². The second kappa shape index (κ2) is 56.9. The van der Waals surface area contributed by atoms with Gasteiger partial charge >= 0.3 is 7.82 Å². The van der Waals surface area contributed by atoms with Gasteiger partial charge in [-0.1, -0.05) is 334 Å². The van der Waals surface area contributed by atoms with Crippen LogP contribution in [0.5, 0.6) is 0 Å². The number of phosphoric acid groups is 1. The molecule has 74 heavy (non-hydrogen) atoms. The number of hydrogen-bond donors (Lipinski definition) is 3. The topological polar surface area (TPSA) is 105 Å². The summed E-state index contributed by atoms with van der Waals surface area (Å²) < 4.78 is 23.8. The zero-order valence-corrected chi connectivity index (χ0v) is 51.5. The lowest BCUT2D eigenvalue weighted by Gasteiger charge is -2.25. The van der Waals surface area contributed by atoms with Gasteiger partial charge in [-0.15, -0.1) is 0 Å². The number of quaternary nitrogens is 1. The van der Waals surface area contributed by atoms with Crippen LogP contribution in [-0.4, -0.2) is 73.4 Å². The van der Waals surface area contributed by atoms with Crippen molar-refractivity contribution < 1.29 is 32.9 Å². The number of aliphatic hydroxyl groups is 1. The summed E-state index contributed by atoms with van der Waals surface area (Å²) in [5.74, 6) is -0.168. The summed E-state index contributed by atoms with van der Waals surface area (Å²) in [6, 6.07) is -0.843. The van der Waals surface area contributed by atoms with Crippen molar-refractivity contribution in [3.63, 3.8) is 0 Å². The predicted molar refractivity (Wildman–Crippen MR) is 323 cm³/mol. The van der Waals surface area contributed by atoms with Gasteiger partial charge in [0.2, 0.25) is 5.91 Å². The molecule has 0 aromatic heterocycles. The first kappa shape index (κ1) is 73.2. The molecule has 0 saturated heterocycles. The number of unbranched alkanes of at least 4 members (excludes halogenated alkanes) is 49. The molecule has 0 aliphatic carbocycles. The summed E-state index contributed by atoms with van der Waals surface area (Å²) in [4.78, 5) is 23.4. The molecule has 0 aromatic carbocycles. The average Bonchev–Trinajstić information content (AvgIpc) is 3.36. The largest absolute Gasteiger partial charge is 0.472 e. The fourth-order valence-electron chi connectivity index (χ4n) is 10.3. The van der Waals surface area contributed by atoms with Gasteiger partial charge in [-0.2, -0.15) is 0 Å². The number of nitrogens with zero attached hydrogens (tertiary/aromatic N) is 1. The van der Waals surface area contributed by atoms with E-state index in [2.05, 4.69) is 19.2 Å². The van der Waals surface area contributed by atoms with Gasteiger partial charge in [0.15, 0.2) is 0 Å². The molecule has 442 valence electrons. The maximum Gasteiger partial charge on any atom is 0.472 e. The third-order valence-electron chi connectivity index (χ3n) is 15.5. The molecule has 0 radical (unpaired) electrons. The molecule has 3 unspecified atom stereocenters. The Morgan fingerprint density at radius 2 is 0.716 bits per heavy atom. The Morgan fingerprint density at radius 3 is 1.00 bits per heavy atom. The van der Waals surface area contributed by atoms with Gasteiger partial charge in [-0.25, -0.2) is 4.57 Å². The first-order valence-electron chi connectivity index (χ1n) is 33.1. The summed E-state index contributed by atoms with van der Waals surface area (Å²) in [6.07, 6.45) is 72.0. The van der Waals surface area contributed by atoms with E-state index in [0.717, 1.165) is 32.1 Å². The van der Waals surface area contributed by atoms with Crippen molar-refractivity contribution in [3.05, 3.63) is 12.2 Å². The fraction of sp³-hybridized carbons (Fsp3) is 0.954. The number of carbonyl (C=O) groups excluding carboxylic acids is 1. The summed E-state index contributed by atoms with van der Waals surface area (Å²) in [5, 5.41) is 14.0. The second-order valence-electron chi connectivity index (χ2n) is 24.2. The molecule has 0 aliphatic heterocycles. The zero-order chi connectivity index (χ0) is 54.2. The number of allylic oxidation sites excluding steroid dienone is 1. The van der Waals surface area contributed by atoms with Crippen molar-refractivity contribution in [1.29, 1.82) is 0 Å². The Morgan fingerprint density at radius 1 is 0.446 bits per heavy atom. The summed E-state index contributed by atoms with van der Waals surface area (Å²) in [5.41, 5.74) is 0. The fourth-order valence-corrected chi connectivity index (χ4v) is 11.1. The van der Waals surface area contributed by atoms with E-state index >= 15 is 0 Å². The minimum absolute atomic E-state index is 0.0654. The van der Waals surface area contributed by atoms with Gasteiger partial charge in [0.1, 0.15) is 13.2 Å². The van der Waals surface area contributed by atoms with Gasteiger partial charge < -0.3 is 19.8 Å². The smallest absolute Gasteiger partial charge is 0.387 e. The molecule has 9 heteroatoms. The van der Waals surface area contributed by atoms with Gasteiger partial charge in [-0.05, 0) is 19.3 Å². The molecule has 1 amide bonds. The molecule has 0 bridgehead atoms. The highest BCUT2D eigenvalue weighted by molar-refractivity contribution is 7.47. The lowest BCUT2D eigenvalue weighted by molar-refractivity contribution is -0.870. The first-order valence-corrected chi connectivity index (χ1v) is 34.6. The Labute approximate surface area is 462 Å². The molecular formula is C65H132N2O6P+. The van der Waals surface area contributed by atoms with Crippen LogP contribution >= 0.6 is 7.82 Å². The quantitative estimate of drug-likeness (QED) is 0.0243. The van der Waals surface area contributed by atoms with Crippen molar-refractivity contribution in [3.8, 4) is 0 Å². The molecule has 0 aromatic rings. The Balaban J connectivity index is 4.03. The Bertz CT molecular complexity index is 1210. The van der Waals surface area contributed by atoms with E-state index in [1.165, 1.54) is 295 Å². The minimum Gasteiger partial charge on any atom is -0.387 e. The van der Waals surface area contributed by atoms with Gasteiger partial charge in [0.25, 0.3) is 0 Å². The van der Waals surface area contributed by atoms with Crippen molar-refractivity contribution in [2.24, 2.45) is 0 Å². The van der Waals surface area contributed by atoms with Crippen LogP contribution in [-0.2, 0) is 18.4 Å². The minimum atomic E-state index is -4.35. The number of likely N-dealkylation sites (N-methyl/N-ethyl adjacent to an activating group) is 1. The number of aliphatic hydroxyl groups excluding tert-OH is 1. The standard InChI is InChI=1S/C65H131N2O6P/c1-6-8-10-12-14-16-18-20-22-24-26-28-29-30-31-32-33-34-35-36-37-39-41-43-45-47-49-51-53-55-57-59-65(69)66-63(62-73-74(70,71)72-61-60-67(3,4)5)64(68)58-56-54-52-50-48-46-44-42-40-38-27-25-23-21-19-17-15-13-11-9-7-2/h56,58,63-64,68H,6-55,57,59-62H2,1-5H3,(H-,66,69,70,71)/p+1/b58-56+. The number of amides is 1. The molecule has 0 aliphatic rings. The van der Waals surface area contributed by atoms with Gasteiger partial charge in [0.05, 0.1) is 39.9 Å². The van der Waals surface area contributed by atoms with Crippen LogP contribution in [0.2, 0.25) is 0 Å². The summed E-state index contributed by atoms with van der Waals surface area (Å²) in [6.45, 7) is 4.88. The highest BCUT2D eigenvalue weighted by Crippen LogP contribution is 2.43. The number of hydrogen-bond acceptors (Lipinski definition) is 5. The lowest BCUT2D eigenvalue weighted by Crippen LogP contribution is -2.45. The first-order chi connectivity index (χ1) is 36.0. The monoisotopic (exact) mass is 1070 g/mol. The van der Waals surface area contributed by atoms with Crippen molar-refractivity contribution in [2.75, 3.05) is 40.9 Å². The van der Waals surface area contributed by atoms with Crippen LogP contribution < -0.4 is 5.32 Å². The summed E-state index contributed by atoms with van der Waals surface area (Å²) >= 11 is 0. The number of carbonyl (C=O) groups is 1. The highest BCUT2D eigenvalue weighted by Gasteiger charge is 2.28. The van der Waals surface area contributed by atoms with Crippen molar-refractivity contribution in [1.82, 2.24) is 5.32 Å². The Kier molecular flexibility index (Phi) is 56.4. The Hall–Kier alpha value is -0.760. The average molecular weight is 1070 g/mol. The van der Waals surface area contributed by atoms with Crippen LogP contribution in [0.4, 0.5) is 0 Å². The van der Waals surface area contributed by atoms with Crippen LogP contribution in [0.3, 0.4) is 0 Å². The normalized spacial score (nSPS) is 13.8. The van der Waals surface area contributed by atoms with E-state index < -0.39 is 20.0 Å². The van der Waals surface area contributed by atoms with E-state index in [1.807, 2.05) is 27.2 Å². The van der Waals surface area contributed by atoms with Gasteiger partial charge in [0, 0.05) is 6.42 Å². The number of phosphoric ester groups is 1. The summed E-state index contributed by atoms with van der Waals surface area (Å²) in [7, 11) is 1.59. The van der Waals surface area contributed by atoms with Crippen LogP contribution in [0.1, 0.15) is 348 Å². The lowest BCUT2D eigenvalue weighted by atomic mass is 10.0. The highest BCUT2D eigenvalue weighted by atomic mass is 31.2. The molecule has 0 heterocycles. The third kappa shape index (κ3) is 58.9. The molecule has 3 atom stereocenters.